The molecular formula is C9H16F3N. The van der Waals surface area contributed by atoms with Gasteiger partial charge < -0.3 is 0 Å². The molecule has 0 unspecified atom stereocenters. The largest absolute Gasteiger partial charge is 0.406 e. The highest BCUT2D eigenvalue weighted by atomic mass is 19.4. The Kier molecular flexibility index (Phi) is 2.90. The molecule has 1 rings (SSSR count). The highest BCUT2D eigenvalue weighted by Crippen LogP contribution is 2.44. The van der Waals surface area contributed by atoms with Gasteiger partial charge in [-0.05, 0) is 26.9 Å². The van der Waals surface area contributed by atoms with Crippen molar-refractivity contribution < 1.29 is 13.2 Å². The third kappa shape index (κ3) is 1.82. The van der Waals surface area contributed by atoms with Gasteiger partial charge >= 0.3 is 6.18 Å². The van der Waals surface area contributed by atoms with Crippen molar-refractivity contribution in [1.82, 2.24) is 4.90 Å². The quantitative estimate of drug-likeness (QED) is 0.622. The summed E-state index contributed by atoms with van der Waals surface area (Å²) in [5.74, 6) is 0. The Balaban J connectivity index is 2.86. The zero-order valence-electron chi connectivity index (χ0n) is 8.12. The smallest absolute Gasteiger partial charge is 0.296 e. The van der Waals surface area contributed by atoms with Gasteiger partial charge in [-0.1, -0.05) is 19.3 Å². The third-order valence-corrected chi connectivity index (χ3v) is 3.06. The first kappa shape index (κ1) is 10.8. The van der Waals surface area contributed by atoms with Crippen LogP contribution in [0.25, 0.3) is 0 Å². The maximum Gasteiger partial charge on any atom is 0.406 e. The van der Waals surface area contributed by atoms with Gasteiger partial charge in [0, 0.05) is 0 Å². The van der Waals surface area contributed by atoms with E-state index < -0.39 is 11.7 Å². The molecule has 0 N–H and O–H groups in total. The Morgan fingerprint density at radius 2 is 1.46 bits per heavy atom. The molecule has 1 aliphatic carbocycles. The minimum Gasteiger partial charge on any atom is -0.296 e. The molecule has 0 radical (unpaired) electrons. The van der Waals surface area contributed by atoms with E-state index >= 15 is 0 Å². The SMILES string of the molecule is CN(C)C1(C(F)(F)F)CCCCC1. The van der Waals surface area contributed by atoms with Crippen molar-refractivity contribution in [2.45, 2.75) is 43.8 Å². The summed E-state index contributed by atoms with van der Waals surface area (Å²) in [6.07, 6.45) is -1.26. The summed E-state index contributed by atoms with van der Waals surface area (Å²) >= 11 is 0. The summed E-state index contributed by atoms with van der Waals surface area (Å²) < 4.78 is 38.4. The molecule has 0 heterocycles. The van der Waals surface area contributed by atoms with Crippen molar-refractivity contribution in [1.29, 1.82) is 0 Å². The van der Waals surface area contributed by atoms with Crippen LogP contribution in [0.2, 0.25) is 0 Å². The maximum absolute atomic E-state index is 12.8. The molecule has 1 aliphatic rings. The summed E-state index contributed by atoms with van der Waals surface area (Å²) in [6, 6.07) is 0. The zero-order chi connectivity index (χ0) is 10.1. The van der Waals surface area contributed by atoms with Crippen LogP contribution in [-0.2, 0) is 0 Å². The van der Waals surface area contributed by atoms with Crippen LogP contribution in [0.1, 0.15) is 32.1 Å². The van der Waals surface area contributed by atoms with Gasteiger partial charge in [0.25, 0.3) is 0 Å². The number of halogens is 3. The lowest BCUT2D eigenvalue weighted by molar-refractivity contribution is -0.234. The maximum atomic E-state index is 12.8. The topological polar surface area (TPSA) is 3.24 Å². The van der Waals surface area contributed by atoms with E-state index in [2.05, 4.69) is 0 Å². The van der Waals surface area contributed by atoms with Crippen molar-refractivity contribution in [3.63, 3.8) is 0 Å². The highest BCUT2D eigenvalue weighted by molar-refractivity contribution is 4.96. The molecule has 0 spiro atoms. The fourth-order valence-corrected chi connectivity index (χ4v) is 2.12. The molecule has 1 saturated carbocycles. The van der Waals surface area contributed by atoms with Crippen LogP contribution in [0.5, 0.6) is 0 Å². The predicted molar refractivity (Wildman–Crippen MR) is 45.6 cm³/mol. The molecule has 4 heteroatoms. The highest BCUT2D eigenvalue weighted by Gasteiger charge is 2.56. The van der Waals surface area contributed by atoms with Crippen molar-refractivity contribution in [2.75, 3.05) is 14.1 Å². The summed E-state index contributed by atoms with van der Waals surface area (Å²) in [5.41, 5.74) is -1.55. The summed E-state index contributed by atoms with van der Waals surface area (Å²) in [4.78, 5) is 1.34. The third-order valence-electron chi connectivity index (χ3n) is 3.06. The van der Waals surface area contributed by atoms with E-state index in [9.17, 15) is 13.2 Å². The van der Waals surface area contributed by atoms with Gasteiger partial charge in [0.2, 0.25) is 0 Å². The molecule has 1 nitrogen and oxygen atoms in total. The minimum absolute atomic E-state index is 0.253. The molecule has 0 aromatic carbocycles. The average molecular weight is 195 g/mol. The molecule has 0 saturated heterocycles. The molecule has 78 valence electrons. The van der Waals surface area contributed by atoms with Crippen LogP contribution < -0.4 is 0 Å². The van der Waals surface area contributed by atoms with Crippen LogP contribution in [0.15, 0.2) is 0 Å². The standard InChI is InChI=1S/C9H16F3N/c1-13(2)8(9(10,11)12)6-4-3-5-7-8/h3-7H2,1-2H3. The Bertz CT molecular complexity index is 168. The normalized spacial score (nSPS) is 23.5. The number of rotatable bonds is 1. The van der Waals surface area contributed by atoms with Gasteiger partial charge in [-0.25, -0.2) is 0 Å². The molecule has 0 atom stereocenters. The number of nitrogens with zero attached hydrogens (tertiary/aromatic N) is 1. The molecule has 13 heavy (non-hydrogen) atoms. The molecule has 0 aliphatic heterocycles. The zero-order valence-corrected chi connectivity index (χ0v) is 8.12. The minimum atomic E-state index is -4.09. The van der Waals surface area contributed by atoms with Crippen LogP contribution in [0.4, 0.5) is 13.2 Å². The fourth-order valence-electron chi connectivity index (χ4n) is 2.12. The number of alkyl halides is 3. The molecule has 0 bridgehead atoms. The van der Waals surface area contributed by atoms with Crippen molar-refractivity contribution in [3.05, 3.63) is 0 Å². The second kappa shape index (κ2) is 3.48. The van der Waals surface area contributed by atoms with Gasteiger partial charge in [0.15, 0.2) is 0 Å². The van der Waals surface area contributed by atoms with E-state index in [1.165, 1.54) is 19.0 Å². The number of hydrogen-bond donors (Lipinski definition) is 0. The molecule has 0 amide bonds. The Hall–Kier alpha value is -0.250. The lowest BCUT2D eigenvalue weighted by atomic mass is 9.80. The van der Waals surface area contributed by atoms with Gasteiger partial charge in [0.1, 0.15) is 5.54 Å². The van der Waals surface area contributed by atoms with Crippen LogP contribution in [-0.4, -0.2) is 30.7 Å². The molecular weight excluding hydrogens is 179 g/mol. The van der Waals surface area contributed by atoms with Gasteiger partial charge in [-0.3, -0.25) is 4.90 Å². The second-order valence-electron chi connectivity index (χ2n) is 3.98. The first-order valence-electron chi connectivity index (χ1n) is 4.64. The summed E-state index contributed by atoms with van der Waals surface area (Å²) in [6.45, 7) is 0. The number of hydrogen-bond acceptors (Lipinski definition) is 1. The fraction of sp³-hybridized carbons (Fsp3) is 1.00. The lowest BCUT2D eigenvalue weighted by Crippen LogP contribution is -2.56. The van der Waals surface area contributed by atoms with E-state index in [0.29, 0.717) is 12.8 Å². The molecule has 1 fully saturated rings. The monoisotopic (exact) mass is 195 g/mol. The van der Waals surface area contributed by atoms with Gasteiger partial charge in [-0.15, -0.1) is 0 Å². The molecule has 0 aromatic heterocycles. The van der Waals surface area contributed by atoms with Gasteiger partial charge in [-0.2, -0.15) is 13.2 Å². The first-order valence-corrected chi connectivity index (χ1v) is 4.64. The van der Waals surface area contributed by atoms with Crippen LogP contribution in [0.3, 0.4) is 0 Å². The van der Waals surface area contributed by atoms with Crippen molar-refractivity contribution >= 4 is 0 Å². The Morgan fingerprint density at radius 1 is 1.00 bits per heavy atom. The lowest BCUT2D eigenvalue weighted by Gasteiger charge is -2.43. The van der Waals surface area contributed by atoms with E-state index in [0.717, 1.165) is 6.42 Å². The van der Waals surface area contributed by atoms with E-state index in [4.69, 9.17) is 0 Å². The van der Waals surface area contributed by atoms with E-state index in [1.54, 1.807) is 0 Å². The van der Waals surface area contributed by atoms with Crippen LogP contribution in [0, 0.1) is 0 Å². The Labute approximate surface area is 76.9 Å². The average Bonchev–Trinajstić information content (AvgIpc) is 2.03. The Morgan fingerprint density at radius 3 is 1.69 bits per heavy atom. The first-order chi connectivity index (χ1) is 5.90. The van der Waals surface area contributed by atoms with E-state index in [-0.39, 0.29) is 12.8 Å². The predicted octanol–water partition coefficient (Wildman–Crippen LogP) is 2.81. The molecule has 0 aromatic rings. The second-order valence-corrected chi connectivity index (χ2v) is 3.98. The van der Waals surface area contributed by atoms with Gasteiger partial charge in [0.05, 0.1) is 0 Å². The summed E-state index contributed by atoms with van der Waals surface area (Å²) in [7, 11) is 3.05. The van der Waals surface area contributed by atoms with Crippen LogP contribution >= 0.6 is 0 Å². The van der Waals surface area contributed by atoms with E-state index in [1.807, 2.05) is 0 Å². The summed E-state index contributed by atoms with van der Waals surface area (Å²) in [5, 5.41) is 0. The van der Waals surface area contributed by atoms with Crippen molar-refractivity contribution in [3.8, 4) is 0 Å². The van der Waals surface area contributed by atoms with Crippen molar-refractivity contribution in [2.24, 2.45) is 0 Å².